The number of aromatic amines is 1. The molecule has 3 aromatic heterocycles. The zero-order valence-electron chi connectivity index (χ0n) is 15.7. The fraction of sp³-hybridized carbons (Fsp3) is 0.409. The van der Waals surface area contributed by atoms with E-state index in [1.54, 1.807) is 6.20 Å². The summed E-state index contributed by atoms with van der Waals surface area (Å²) in [7, 11) is 0. The Hall–Kier alpha value is -2.56. The molecule has 1 N–H and O–H groups in total. The third kappa shape index (κ3) is 2.59. The van der Waals surface area contributed by atoms with E-state index in [1.165, 1.54) is 5.71 Å². The number of nitrogens with one attached hydrogen (secondary N) is 1. The quantitative estimate of drug-likeness (QED) is 0.695. The summed E-state index contributed by atoms with van der Waals surface area (Å²) in [5.41, 5.74) is 2.61. The van der Waals surface area contributed by atoms with Gasteiger partial charge >= 0.3 is 0 Å². The van der Waals surface area contributed by atoms with Crippen molar-refractivity contribution < 1.29 is 4.39 Å². The highest BCUT2D eigenvalue weighted by Crippen LogP contribution is 2.53. The van der Waals surface area contributed by atoms with Crippen LogP contribution in [0.2, 0.25) is 0 Å². The van der Waals surface area contributed by atoms with E-state index in [9.17, 15) is 0 Å². The molecule has 0 saturated heterocycles. The predicted octanol–water partition coefficient (Wildman–Crippen LogP) is 5.21. The van der Waals surface area contributed by atoms with E-state index in [1.807, 2.05) is 36.5 Å². The molecular weight excluding hydrogens is 339 g/mol. The second-order valence-corrected chi connectivity index (χ2v) is 8.19. The first-order valence-electron chi connectivity index (χ1n) is 9.70. The topological polar surface area (TPSA) is 53.9 Å². The Kier molecular flexibility index (Phi) is 3.51. The van der Waals surface area contributed by atoms with Crippen LogP contribution in [0.15, 0.2) is 47.7 Å². The third-order valence-corrected chi connectivity index (χ3v) is 5.98. The van der Waals surface area contributed by atoms with Gasteiger partial charge in [0.05, 0.1) is 11.4 Å². The van der Waals surface area contributed by atoms with Crippen molar-refractivity contribution >= 4 is 16.7 Å². The summed E-state index contributed by atoms with van der Waals surface area (Å²) in [5.74, 6) is 0.394. The molecule has 4 nitrogen and oxygen atoms in total. The summed E-state index contributed by atoms with van der Waals surface area (Å²) in [4.78, 5) is 17.0. The molecule has 1 aliphatic carbocycles. The van der Waals surface area contributed by atoms with Gasteiger partial charge in [0.2, 0.25) is 0 Å². The average molecular weight is 362 g/mol. The molecule has 1 spiro atoms. The van der Waals surface area contributed by atoms with Gasteiger partial charge in [-0.2, -0.15) is 0 Å². The highest BCUT2D eigenvalue weighted by molar-refractivity contribution is 6.06. The Morgan fingerprint density at radius 1 is 1.15 bits per heavy atom. The second-order valence-electron chi connectivity index (χ2n) is 8.19. The number of H-pyrrole nitrogens is 1. The zero-order chi connectivity index (χ0) is 18.6. The number of rotatable bonds is 3. The zero-order valence-corrected chi connectivity index (χ0v) is 15.7. The monoisotopic (exact) mass is 362 g/mol. The molecule has 27 heavy (non-hydrogen) atoms. The number of fused-ring (bicyclic) bond motifs is 1. The van der Waals surface area contributed by atoms with Gasteiger partial charge in [-0.1, -0.05) is 19.9 Å². The maximum absolute atomic E-state index is 16.1. The minimum atomic E-state index is -1.42. The maximum Gasteiger partial charge on any atom is 0.155 e. The molecule has 5 rings (SSSR count). The minimum absolute atomic E-state index is 0.246. The average Bonchev–Trinajstić information content (AvgIpc) is 3.18. The number of hydrogen-bond donors (Lipinski definition) is 1. The minimum Gasteiger partial charge on any atom is -0.345 e. The highest BCUT2D eigenvalue weighted by atomic mass is 19.1. The Morgan fingerprint density at radius 2 is 2.04 bits per heavy atom. The molecule has 2 aliphatic rings. The number of alkyl halides is 1. The number of aromatic nitrogens is 3. The molecule has 1 aliphatic heterocycles. The number of halogens is 1. The molecule has 1 fully saturated rings. The van der Waals surface area contributed by atoms with E-state index in [0.717, 1.165) is 35.1 Å². The molecule has 2 atom stereocenters. The highest BCUT2D eigenvalue weighted by Gasteiger charge is 2.56. The largest absolute Gasteiger partial charge is 0.345 e. The first-order valence-corrected chi connectivity index (χ1v) is 9.70. The maximum atomic E-state index is 16.1. The van der Waals surface area contributed by atoms with Crippen LogP contribution >= 0.6 is 0 Å². The second kappa shape index (κ2) is 5.72. The first-order chi connectivity index (χ1) is 13.0. The van der Waals surface area contributed by atoms with Gasteiger partial charge in [-0.15, -0.1) is 0 Å². The van der Waals surface area contributed by atoms with E-state index >= 15 is 4.39 Å². The van der Waals surface area contributed by atoms with Crippen LogP contribution in [0.3, 0.4) is 0 Å². The van der Waals surface area contributed by atoms with Crippen LogP contribution in [0, 0.1) is 5.92 Å². The predicted molar refractivity (Wildman–Crippen MR) is 106 cm³/mol. The SMILES string of the molecule is CC(C)C1=NC12CCCC(F)(c1cccc(-c3c[nH]c4ncccc34)n1)C2. The summed E-state index contributed by atoms with van der Waals surface area (Å²) in [6.07, 6.45) is 6.42. The summed E-state index contributed by atoms with van der Waals surface area (Å²) in [5, 5.41) is 1.00. The van der Waals surface area contributed by atoms with Crippen molar-refractivity contribution in [2.24, 2.45) is 10.9 Å². The van der Waals surface area contributed by atoms with E-state index in [0.29, 0.717) is 24.5 Å². The van der Waals surface area contributed by atoms with Gasteiger partial charge in [0.25, 0.3) is 0 Å². The van der Waals surface area contributed by atoms with E-state index in [-0.39, 0.29) is 5.54 Å². The van der Waals surface area contributed by atoms with Gasteiger partial charge in [0.1, 0.15) is 11.2 Å². The van der Waals surface area contributed by atoms with Gasteiger partial charge in [-0.25, -0.2) is 14.4 Å². The first kappa shape index (κ1) is 16.6. The van der Waals surface area contributed by atoms with Crippen molar-refractivity contribution in [2.45, 2.75) is 50.7 Å². The van der Waals surface area contributed by atoms with Crippen LogP contribution in [-0.2, 0) is 5.67 Å². The Bertz CT molecular complexity index is 1050. The molecule has 3 aromatic rings. The van der Waals surface area contributed by atoms with Crippen molar-refractivity contribution in [1.82, 2.24) is 15.0 Å². The van der Waals surface area contributed by atoms with Crippen molar-refractivity contribution in [3.05, 3.63) is 48.4 Å². The molecule has 0 amide bonds. The van der Waals surface area contributed by atoms with Crippen molar-refractivity contribution in [2.75, 3.05) is 0 Å². The Labute approximate surface area is 158 Å². The molecule has 0 radical (unpaired) electrons. The van der Waals surface area contributed by atoms with Crippen molar-refractivity contribution in [3.8, 4) is 11.3 Å². The fourth-order valence-corrected chi connectivity index (χ4v) is 4.71. The van der Waals surface area contributed by atoms with Crippen LogP contribution in [0.25, 0.3) is 22.3 Å². The lowest BCUT2D eigenvalue weighted by molar-refractivity contribution is 0.0850. The van der Waals surface area contributed by atoms with Crippen LogP contribution in [0.1, 0.15) is 45.2 Å². The molecule has 1 saturated carbocycles. The van der Waals surface area contributed by atoms with Crippen molar-refractivity contribution in [3.63, 3.8) is 0 Å². The molecule has 5 heteroatoms. The Balaban J connectivity index is 1.50. The van der Waals surface area contributed by atoms with E-state index in [2.05, 4.69) is 23.8 Å². The van der Waals surface area contributed by atoms with Crippen LogP contribution in [-0.4, -0.2) is 26.2 Å². The summed E-state index contributed by atoms with van der Waals surface area (Å²) in [6, 6.07) is 9.59. The lowest BCUT2D eigenvalue weighted by Gasteiger charge is -2.34. The number of nitrogens with zero attached hydrogens (tertiary/aromatic N) is 3. The van der Waals surface area contributed by atoms with Gasteiger partial charge < -0.3 is 4.98 Å². The smallest absolute Gasteiger partial charge is 0.155 e. The lowest BCUT2D eigenvalue weighted by atomic mass is 9.73. The van der Waals surface area contributed by atoms with E-state index in [4.69, 9.17) is 9.98 Å². The van der Waals surface area contributed by atoms with Crippen LogP contribution < -0.4 is 0 Å². The van der Waals surface area contributed by atoms with Gasteiger partial charge in [-0.05, 0) is 49.4 Å². The third-order valence-electron chi connectivity index (χ3n) is 5.98. The molecule has 0 aromatic carbocycles. The normalized spacial score (nSPS) is 27.3. The van der Waals surface area contributed by atoms with Crippen molar-refractivity contribution in [1.29, 1.82) is 0 Å². The molecule has 2 unspecified atom stereocenters. The number of pyridine rings is 2. The van der Waals surface area contributed by atoms with Gasteiger partial charge in [0, 0.05) is 35.5 Å². The fourth-order valence-electron chi connectivity index (χ4n) is 4.71. The van der Waals surface area contributed by atoms with Crippen LogP contribution in [0.5, 0.6) is 0 Å². The number of hydrogen-bond acceptors (Lipinski definition) is 3. The van der Waals surface area contributed by atoms with E-state index < -0.39 is 5.67 Å². The molecule has 0 bridgehead atoms. The molecule has 4 heterocycles. The molecule has 138 valence electrons. The molecular formula is C22H23FN4. The van der Waals surface area contributed by atoms with Gasteiger partial charge in [0.15, 0.2) is 5.67 Å². The summed E-state index contributed by atoms with van der Waals surface area (Å²) >= 11 is 0. The summed E-state index contributed by atoms with van der Waals surface area (Å²) in [6.45, 7) is 4.29. The standard InChI is InChI=1S/C22H23FN4/c1-14(2)19-22(27-19)10-5-9-21(23,13-22)18-8-3-7-17(26-18)16-12-25-20-15(16)6-4-11-24-20/h3-4,6-8,11-12,14H,5,9-10,13H2,1-2H3,(H,24,25). The Morgan fingerprint density at radius 3 is 2.85 bits per heavy atom. The van der Waals surface area contributed by atoms with Gasteiger partial charge in [-0.3, -0.25) is 4.99 Å². The summed E-state index contributed by atoms with van der Waals surface area (Å²) < 4.78 is 16.1. The number of aliphatic imine (C=N–C) groups is 1. The van der Waals surface area contributed by atoms with Crippen LogP contribution in [0.4, 0.5) is 4.39 Å². The lowest BCUT2D eigenvalue weighted by Crippen LogP contribution is -2.38.